The highest BCUT2D eigenvalue weighted by Crippen LogP contribution is 2.45. The molecule has 0 saturated carbocycles. The Hall–Kier alpha value is -2.52. The highest BCUT2D eigenvalue weighted by atomic mass is 32.2. The Kier molecular flexibility index (Phi) is 5.03. The number of anilines is 1. The standard InChI is InChI=1S/C19H20FN5O2S/c1-11-7-23-16(8-22-11)17(26)24-13-2-3-15(20)14(6-13)19-10-27-5-4-12(19)9-28-18(21)25-19/h2-3,6-8,12H,4-5,9-10H2,1H3,(H2,21,25)(H,24,26). The normalized spacial score (nSPS) is 24.2. The lowest BCUT2D eigenvalue weighted by Crippen LogP contribution is -2.48. The van der Waals surface area contributed by atoms with Crippen molar-refractivity contribution in [2.24, 2.45) is 16.6 Å². The zero-order valence-electron chi connectivity index (χ0n) is 15.3. The van der Waals surface area contributed by atoms with Crippen LogP contribution in [-0.2, 0) is 10.3 Å². The summed E-state index contributed by atoms with van der Waals surface area (Å²) in [5.41, 5.74) is 6.84. The fourth-order valence-corrected chi connectivity index (χ4v) is 4.61. The van der Waals surface area contributed by atoms with Crippen LogP contribution < -0.4 is 11.1 Å². The molecule has 28 heavy (non-hydrogen) atoms. The number of thioether (sulfide) groups is 1. The molecule has 0 spiro atoms. The number of carbonyl (C=O) groups excluding carboxylic acids is 1. The number of halogens is 1. The lowest BCUT2D eigenvalue weighted by atomic mass is 9.76. The van der Waals surface area contributed by atoms with Gasteiger partial charge in [0.25, 0.3) is 5.91 Å². The second-order valence-corrected chi connectivity index (χ2v) is 7.96. The molecule has 4 rings (SSSR count). The molecule has 2 unspecified atom stereocenters. The van der Waals surface area contributed by atoms with Gasteiger partial charge < -0.3 is 15.8 Å². The van der Waals surface area contributed by atoms with Gasteiger partial charge in [0.05, 0.1) is 18.5 Å². The zero-order valence-corrected chi connectivity index (χ0v) is 16.1. The van der Waals surface area contributed by atoms with E-state index < -0.39 is 17.3 Å². The number of ether oxygens (including phenoxy) is 1. The molecule has 7 nitrogen and oxygen atoms in total. The van der Waals surface area contributed by atoms with Crippen LogP contribution in [0.4, 0.5) is 10.1 Å². The summed E-state index contributed by atoms with van der Waals surface area (Å²) in [6, 6.07) is 4.46. The van der Waals surface area contributed by atoms with E-state index >= 15 is 0 Å². The lowest BCUT2D eigenvalue weighted by Gasteiger charge is -2.43. The number of fused-ring (bicyclic) bond motifs is 1. The Morgan fingerprint density at radius 2 is 2.25 bits per heavy atom. The summed E-state index contributed by atoms with van der Waals surface area (Å²) in [6.45, 7) is 2.67. The van der Waals surface area contributed by atoms with Crippen molar-refractivity contribution in [2.75, 3.05) is 24.3 Å². The van der Waals surface area contributed by atoms with E-state index in [4.69, 9.17) is 10.5 Å². The van der Waals surface area contributed by atoms with Gasteiger partial charge in [-0.3, -0.25) is 9.78 Å². The summed E-state index contributed by atoms with van der Waals surface area (Å²) >= 11 is 1.48. The number of nitrogens with two attached hydrogens (primary N) is 1. The summed E-state index contributed by atoms with van der Waals surface area (Å²) in [5, 5.41) is 3.18. The number of benzene rings is 1. The Labute approximate surface area is 166 Å². The third-order valence-electron chi connectivity index (χ3n) is 5.05. The topological polar surface area (TPSA) is 102 Å². The zero-order chi connectivity index (χ0) is 19.7. The van der Waals surface area contributed by atoms with Gasteiger partial charge in [-0.1, -0.05) is 11.8 Å². The van der Waals surface area contributed by atoms with E-state index in [1.54, 1.807) is 13.0 Å². The molecule has 1 aromatic carbocycles. The summed E-state index contributed by atoms with van der Waals surface area (Å²) in [5.74, 6) is 0.0588. The molecule has 0 bridgehead atoms. The quantitative estimate of drug-likeness (QED) is 0.819. The molecule has 2 atom stereocenters. The fourth-order valence-electron chi connectivity index (χ4n) is 3.57. The predicted molar refractivity (Wildman–Crippen MR) is 106 cm³/mol. The number of hydrogen-bond donors (Lipinski definition) is 2. The van der Waals surface area contributed by atoms with Gasteiger partial charge >= 0.3 is 0 Å². The van der Waals surface area contributed by atoms with Crippen molar-refractivity contribution in [2.45, 2.75) is 18.9 Å². The first-order valence-corrected chi connectivity index (χ1v) is 9.92. The second-order valence-electron chi connectivity index (χ2n) is 6.92. The first-order valence-electron chi connectivity index (χ1n) is 8.94. The van der Waals surface area contributed by atoms with Gasteiger partial charge in [-0.25, -0.2) is 14.4 Å². The average Bonchev–Trinajstić information content (AvgIpc) is 2.69. The van der Waals surface area contributed by atoms with Crippen LogP contribution >= 0.6 is 11.8 Å². The van der Waals surface area contributed by atoms with E-state index in [2.05, 4.69) is 20.3 Å². The number of hydrogen-bond acceptors (Lipinski definition) is 7. The molecule has 3 N–H and O–H groups in total. The van der Waals surface area contributed by atoms with Gasteiger partial charge in [-0.2, -0.15) is 0 Å². The Bertz CT molecular complexity index is 936. The molecule has 9 heteroatoms. The summed E-state index contributed by atoms with van der Waals surface area (Å²) in [4.78, 5) is 25.2. The molecule has 2 aliphatic heterocycles. The number of carbonyl (C=O) groups is 1. The van der Waals surface area contributed by atoms with Crippen molar-refractivity contribution in [3.63, 3.8) is 0 Å². The minimum atomic E-state index is -0.873. The number of nitrogens with zero attached hydrogens (tertiary/aromatic N) is 3. The fraction of sp³-hybridized carbons (Fsp3) is 0.368. The van der Waals surface area contributed by atoms with E-state index in [0.717, 1.165) is 12.2 Å². The van der Waals surface area contributed by atoms with Gasteiger partial charge in [0.15, 0.2) is 5.17 Å². The number of nitrogens with one attached hydrogen (secondary N) is 1. The summed E-state index contributed by atoms with van der Waals surface area (Å²) in [6.07, 6.45) is 3.70. The van der Waals surface area contributed by atoms with Crippen molar-refractivity contribution in [3.8, 4) is 0 Å². The largest absolute Gasteiger partial charge is 0.379 e. The van der Waals surface area contributed by atoms with Crippen LogP contribution in [0.2, 0.25) is 0 Å². The van der Waals surface area contributed by atoms with Crippen LogP contribution in [0.15, 0.2) is 35.6 Å². The highest BCUT2D eigenvalue weighted by molar-refractivity contribution is 8.13. The molecular formula is C19H20FN5O2S. The van der Waals surface area contributed by atoms with Crippen LogP contribution in [0.5, 0.6) is 0 Å². The van der Waals surface area contributed by atoms with Gasteiger partial charge in [0, 0.05) is 35.7 Å². The second kappa shape index (κ2) is 7.48. The maximum atomic E-state index is 14.8. The van der Waals surface area contributed by atoms with E-state index in [0.29, 0.717) is 28.7 Å². The number of amidine groups is 1. The Balaban J connectivity index is 1.68. The molecule has 1 aromatic heterocycles. The van der Waals surface area contributed by atoms with Crippen molar-refractivity contribution >= 4 is 28.5 Å². The maximum absolute atomic E-state index is 14.8. The first-order chi connectivity index (χ1) is 13.5. The average molecular weight is 401 g/mol. The highest BCUT2D eigenvalue weighted by Gasteiger charge is 2.47. The number of amides is 1. The summed E-state index contributed by atoms with van der Waals surface area (Å²) < 4.78 is 20.5. The minimum Gasteiger partial charge on any atom is -0.379 e. The Morgan fingerprint density at radius 3 is 3.04 bits per heavy atom. The molecular weight excluding hydrogens is 381 g/mol. The predicted octanol–water partition coefficient (Wildman–Crippen LogP) is 2.47. The molecule has 1 fully saturated rings. The molecule has 0 radical (unpaired) electrons. The minimum absolute atomic E-state index is 0.113. The van der Waals surface area contributed by atoms with Crippen molar-refractivity contribution < 1.29 is 13.9 Å². The molecule has 146 valence electrons. The molecule has 2 aromatic rings. The van der Waals surface area contributed by atoms with E-state index in [-0.39, 0.29) is 18.2 Å². The van der Waals surface area contributed by atoms with Crippen molar-refractivity contribution in [3.05, 3.63) is 53.4 Å². The monoisotopic (exact) mass is 401 g/mol. The molecule has 3 heterocycles. The van der Waals surface area contributed by atoms with Crippen molar-refractivity contribution in [1.82, 2.24) is 9.97 Å². The lowest BCUT2D eigenvalue weighted by molar-refractivity contribution is 0.00304. The van der Waals surface area contributed by atoms with E-state index in [9.17, 15) is 9.18 Å². The van der Waals surface area contributed by atoms with Crippen LogP contribution in [0.3, 0.4) is 0 Å². The third-order valence-corrected chi connectivity index (χ3v) is 6.01. The van der Waals surface area contributed by atoms with Gasteiger partial charge in [0.2, 0.25) is 0 Å². The SMILES string of the molecule is Cc1cnc(C(=O)Nc2ccc(F)c(C34COCCC3CSC(N)=N4)c2)cn1. The molecule has 1 saturated heterocycles. The smallest absolute Gasteiger partial charge is 0.275 e. The van der Waals surface area contributed by atoms with Crippen molar-refractivity contribution in [1.29, 1.82) is 0 Å². The van der Waals surface area contributed by atoms with Crippen LogP contribution in [0, 0.1) is 18.7 Å². The molecule has 2 aliphatic rings. The molecule has 0 aliphatic carbocycles. The Morgan fingerprint density at radius 1 is 1.39 bits per heavy atom. The van der Waals surface area contributed by atoms with Gasteiger partial charge in [0.1, 0.15) is 17.1 Å². The van der Waals surface area contributed by atoms with E-state index in [1.165, 1.54) is 36.3 Å². The molecule has 1 amide bonds. The van der Waals surface area contributed by atoms with Crippen LogP contribution in [0.25, 0.3) is 0 Å². The van der Waals surface area contributed by atoms with E-state index in [1.807, 2.05) is 0 Å². The number of aliphatic imine (C=N–C) groups is 1. The third kappa shape index (κ3) is 3.47. The van der Waals surface area contributed by atoms with Gasteiger partial charge in [-0.15, -0.1) is 0 Å². The number of rotatable bonds is 3. The van der Waals surface area contributed by atoms with Crippen LogP contribution in [0.1, 0.15) is 28.2 Å². The first kappa shape index (κ1) is 18.8. The van der Waals surface area contributed by atoms with Gasteiger partial charge in [-0.05, 0) is 31.5 Å². The number of aryl methyl sites for hydroxylation is 1. The maximum Gasteiger partial charge on any atom is 0.275 e. The summed E-state index contributed by atoms with van der Waals surface area (Å²) in [7, 11) is 0. The van der Waals surface area contributed by atoms with Crippen LogP contribution in [-0.4, -0.2) is 40.0 Å². The number of aromatic nitrogens is 2.